The summed E-state index contributed by atoms with van der Waals surface area (Å²) in [7, 11) is 0. The van der Waals surface area contributed by atoms with E-state index in [2.05, 4.69) is 10.6 Å². The quantitative estimate of drug-likeness (QED) is 0.286. The maximum Gasteiger partial charge on any atom is 0.326 e. The molecule has 7 N–H and O–H groups in total. The van der Waals surface area contributed by atoms with Crippen LogP contribution >= 0.6 is 0 Å². The maximum absolute atomic E-state index is 11.9. The highest BCUT2D eigenvalue weighted by Crippen LogP contribution is 2.18. The molecule has 0 bridgehead atoms. The lowest BCUT2D eigenvalue weighted by atomic mass is 10.0. The van der Waals surface area contributed by atoms with E-state index in [9.17, 15) is 34.8 Å². The largest absolute Gasteiger partial charge is 0.508 e. The average molecular weight is 370 g/mol. The molecular weight excluding hydrogens is 348 g/mol. The van der Waals surface area contributed by atoms with E-state index >= 15 is 0 Å². The standard InChI is InChI=1S/C16H22N2O8/c1-8-6-9(2-4-12(8)19)7-11(15(24)25)18-16(26)17-10(14(22)23)3-5-13(20)21/h2,4,6,10-11,14,19,22-23H,3,5,7H2,1H3,(H,20,21)(H,24,25)(H2,17,18,26)/t10-,11-/m0/s1. The number of phenolic OH excluding ortho intramolecular Hbond substituents is 1. The molecule has 0 spiro atoms. The van der Waals surface area contributed by atoms with Crippen molar-refractivity contribution in [2.45, 2.75) is 44.6 Å². The molecule has 0 saturated carbocycles. The third kappa shape index (κ3) is 6.95. The normalized spacial score (nSPS) is 13.1. The van der Waals surface area contributed by atoms with Crippen LogP contribution in [0.2, 0.25) is 0 Å². The first-order valence-electron chi connectivity index (χ1n) is 7.76. The first-order valence-corrected chi connectivity index (χ1v) is 7.76. The number of aliphatic hydroxyl groups excluding tert-OH is 1. The fourth-order valence-corrected chi connectivity index (χ4v) is 2.22. The molecule has 0 radical (unpaired) electrons. The van der Waals surface area contributed by atoms with E-state index < -0.39 is 42.8 Å². The Labute approximate surface area is 149 Å². The second-order valence-electron chi connectivity index (χ2n) is 5.79. The van der Waals surface area contributed by atoms with Gasteiger partial charge >= 0.3 is 18.0 Å². The third-order valence-corrected chi connectivity index (χ3v) is 3.65. The zero-order chi connectivity index (χ0) is 19.9. The number of hydrogen-bond acceptors (Lipinski definition) is 6. The summed E-state index contributed by atoms with van der Waals surface area (Å²) in [5.74, 6) is -2.42. The summed E-state index contributed by atoms with van der Waals surface area (Å²) >= 11 is 0. The Bertz CT molecular complexity index is 662. The molecule has 10 heteroatoms. The molecule has 1 aromatic carbocycles. The fourth-order valence-electron chi connectivity index (χ4n) is 2.22. The number of hydrogen-bond donors (Lipinski definition) is 7. The van der Waals surface area contributed by atoms with Crippen LogP contribution in [0.5, 0.6) is 5.75 Å². The van der Waals surface area contributed by atoms with Crippen molar-refractivity contribution >= 4 is 18.0 Å². The lowest BCUT2D eigenvalue weighted by molar-refractivity contribution is -0.139. The van der Waals surface area contributed by atoms with E-state index in [1.54, 1.807) is 13.0 Å². The van der Waals surface area contributed by atoms with E-state index in [-0.39, 0.29) is 18.6 Å². The summed E-state index contributed by atoms with van der Waals surface area (Å²) in [6, 6.07) is 0.958. The number of aliphatic hydroxyl groups is 2. The van der Waals surface area contributed by atoms with Gasteiger partial charge in [0.2, 0.25) is 0 Å². The third-order valence-electron chi connectivity index (χ3n) is 3.65. The fraction of sp³-hybridized carbons (Fsp3) is 0.438. The Morgan fingerprint density at radius 2 is 1.77 bits per heavy atom. The van der Waals surface area contributed by atoms with Crippen molar-refractivity contribution in [3.8, 4) is 5.75 Å². The zero-order valence-electron chi connectivity index (χ0n) is 14.0. The van der Waals surface area contributed by atoms with Crippen molar-refractivity contribution in [3.63, 3.8) is 0 Å². The number of rotatable bonds is 9. The Balaban J connectivity index is 2.72. The van der Waals surface area contributed by atoms with Gasteiger partial charge in [0.15, 0.2) is 6.29 Å². The first kappa shape index (κ1) is 21.2. The number of nitrogens with one attached hydrogen (secondary N) is 2. The number of aromatic hydroxyl groups is 1. The molecule has 0 heterocycles. The van der Waals surface area contributed by atoms with Gasteiger partial charge < -0.3 is 36.2 Å². The minimum Gasteiger partial charge on any atom is -0.508 e. The number of carbonyl (C=O) groups excluding carboxylic acids is 1. The lowest BCUT2D eigenvalue weighted by Gasteiger charge is -2.22. The van der Waals surface area contributed by atoms with E-state index in [1.165, 1.54) is 12.1 Å². The SMILES string of the molecule is Cc1cc(C[C@H](NC(=O)N[C@@H](CCC(=O)O)C(O)O)C(=O)O)ccc1O. The molecule has 144 valence electrons. The van der Waals surface area contributed by atoms with Gasteiger partial charge in [-0.15, -0.1) is 0 Å². The molecule has 0 aliphatic carbocycles. The molecule has 0 saturated heterocycles. The predicted molar refractivity (Wildman–Crippen MR) is 88.5 cm³/mol. The van der Waals surface area contributed by atoms with Crippen molar-refractivity contribution in [2.24, 2.45) is 0 Å². The molecule has 26 heavy (non-hydrogen) atoms. The molecule has 10 nitrogen and oxygen atoms in total. The topological polar surface area (TPSA) is 176 Å². The Morgan fingerprint density at radius 3 is 2.27 bits per heavy atom. The van der Waals surface area contributed by atoms with Gasteiger partial charge in [-0.2, -0.15) is 0 Å². The van der Waals surface area contributed by atoms with Crippen LogP contribution in [-0.4, -0.2) is 61.9 Å². The van der Waals surface area contributed by atoms with Crippen LogP contribution in [0.3, 0.4) is 0 Å². The van der Waals surface area contributed by atoms with Gasteiger partial charge in [-0.05, 0) is 30.5 Å². The summed E-state index contributed by atoms with van der Waals surface area (Å²) in [5.41, 5.74) is 1.12. The number of carboxylic acid groups (broad SMARTS) is 2. The highest BCUT2D eigenvalue weighted by atomic mass is 16.5. The Morgan fingerprint density at radius 1 is 1.12 bits per heavy atom. The van der Waals surface area contributed by atoms with Crippen molar-refractivity contribution in [2.75, 3.05) is 0 Å². The number of amides is 2. The maximum atomic E-state index is 11.9. The number of benzene rings is 1. The monoisotopic (exact) mass is 370 g/mol. The van der Waals surface area contributed by atoms with Gasteiger partial charge in [0.1, 0.15) is 11.8 Å². The molecule has 1 rings (SSSR count). The van der Waals surface area contributed by atoms with Crippen LogP contribution in [0, 0.1) is 6.92 Å². The van der Waals surface area contributed by atoms with Gasteiger partial charge in [0.05, 0.1) is 6.04 Å². The van der Waals surface area contributed by atoms with Crippen LogP contribution in [0.1, 0.15) is 24.0 Å². The van der Waals surface area contributed by atoms with Crippen LogP contribution < -0.4 is 10.6 Å². The highest BCUT2D eigenvalue weighted by Gasteiger charge is 2.24. The average Bonchev–Trinajstić information content (AvgIpc) is 2.53. The highest BCUT2D eigenvalue weighted by molar-refractivity contribution is 5.83. The lowest BCUT2D eigenvalue weighted by Crippen LogP contribution is -2.52. The van der Waals surface area contributed by atoms with Crippen LogP contribution in [0.4, 0.5) is 4.79 Å². The summed E-state index contributed by atoms with van der Waals surface area (Å²) in [5, 5.41) is 50.1. The predicted octanol–water partition coefficient (Wildman–Crippen LogP) is -0.460. The van der Waals surface area contributed by atoms with Crippen molar-refractivity contribution in [1.82, 2.24) is 10.6 Å². The smallest absolute Gasteiger partial charge is 0.326 e. The minimum absolute atomic E-state index is 0.0598. The van der Waals surface area contributed by atoms with E-state index in [4.69, 9.17) is 5.11 Å². The second kappa shape index (κ2) is 9.59. The van der Waals surface area contributed by atoms with Gasteiger partial charge in [-0.3, -0.25) is 4.79 Å². The van der Waals surface area contributed by atoms with Crippen molar-refractivity contribution in [1.29, 1.82) is 0 Å². The molecule has 0 fully saturated rings. The molecule has 0 aliphatic rings. The zero-order valence-corrected chi connectivity index (χ0v) is 14.0. The first-order chi connectivity index (χ1) is 12.1. The Kier molecular flexibility index (Phi) is 7.81. The number of carbonyl (C=O) groups is 3. The molecule has 1 aromatic rings. The molecule has 0 unspecified atom stereocenters. The summed E-state index contributed by atoms with van der Waals surface area (Å²) < 4.78 is 0. The van der Waals surface area contributed by atoms with Gasteiger partial charge in [-0.1, -0.05) is 12.1 Å². The van der Waals surface area contributed by atoms with Crippen LogP contribution in [0.25, 0.3) is 0 Å². The number of aliphatic carboxylic acids is 2. The van der Waals surface area contributed by atoms with Gasteiger partial charge in [0.25, 0.3) is 0 Å². The van der Waals surface area contributed by atoms with Crippen LogP contribution in [0.15, 0.2) is 18.2 Å². The van der Waals surface area contributed by atoms with Gasteiger partial charge in [0, 0.05) is 12.8 Å². The van der Waals surface area contributed by atoms with Crippen LogP contribution in [-0.2, 0) is 16.0 Å². The van der Waals surface area contributed by atoms with E-state index in [1.807, 2.05) is 0 Å². The van der Waals surface area contributed by atoms with E-state index in [0.717, 1.165) is 0 Å². The summed E-state index contributed by atoms with van der Waals surface area (Å²) in [6.07, 6.45) is -2.71. The number of urea groups is 1. The van der Waals surface area contributed by atoms with Crippen molar-refractivity contribution in [3.05, 3.63) is 29.3 Å². The molecule has 2 atom stereocenters. The molecular formula is C16H22N2O8. The summed E-state index contributed by atoms with van der Waals surface area (Å²) in [4.78, 5) is 33.8. The molecule has 0 aromatic heterocycles. The molecule has 2 amide bonds. The number of carboxylic acids is 2. The van der Waals surface area contributed by atoms with E-state index in [0.29, 0.717) is 11.1 Å². The second-order valence-corrected chi connectivity index (χ2v) is 5.79. The molecule has 0 aliphatic heterocycles. The van der Waals surface area contributed by atoms with Gasteiger partial charge in [-0.25, -0.2) is 9.59 Å². The van der Waals surface area contributed by atoms with Crippen molar-refractivity contribution < 1.29 is 39.9 Å². The minimum atomic E-state index is -2.00. The summed E-state index contributed by atoms with van der Waals surface area (Å²) in [6.45, 7) is 1.64. The Hall–Kier alpha value is -2.85. The number of aryl methyl sites for hydroxylation is 1. The number of phenols is 1.